The number of piperazine rings is 1. The summed E-state index contributed by atoms with van der Waals surface area (Å²) in [4.78, 5) is 16.8. The largest absolute Gasteiger partial charge is 0.368 e. The summed E-state index contributed by atoms with van der Waals surface area (Å²) in [6.07, 6.45) is 3.71. The fraction of sp³-hybridized carbons (Fsp3) is 0.542. The van der Waals surface area contributed by atoms with Crippen molar-refractivity contribution in [1.29, 1.82) is 0 Å². The summed E-state index contributed by atoms with van der Waals surface area (Å²) in [5.74, 6) is 2.52. The minimum absolute atomic E-state index is 0.120. The lowest BCUT2D eigenvalue weighted by Crippen LogP contribution is -2.47. The van der Waals surface area contributed by atoms with E-state index in [9.17, 15) is 0 Å². The molecule has 2 fully saturated rings. The van der Waals surface area contributed by atoms with E-state index in [0.29, 0.717) is 11.1 Å². The number of aromatic nitrogens is 2. The van der Waals surface area contributed by atoms with Gasteiger partial charge in [0.15, 0.2) is 5.11 Å². The molecule has 0 atom stereocenters. The van der Waals surface area contributed by atoms with Crippen molar-refractivity contribution >= 4 is 40.6 Å². The van der Waals surface area contributed by atoms with Gasteiger partial charge in [0, 0.05) is 56.6 Å². The molecule has 32 heavy (non-hydrogen) atoms. The van der Waals surface area contributed by atoms with Crippen LogP contribution in [-0.4, -0.2) is 59.9 Å². The molecule has 1 aromatic carbocycles. The van der Waals surface area contributed by atoms with E-state index in [1.54, 1.807) is 0 Å². The van der Waals surface area contributed by atoms with Gasteiger partial charge in [-0.2, -0.15) is 9.97 Å². The number of nitrogens with zero attached hydrogens (tertiary/aromatic N) is 5. The maximum absolute atomic E-state index is 5.52. The van der Waals surface area contributed by atoms with Crippen molar-refractivity contribution in [2.24, 2.45) is 0 Å². The molecule has 0 radical (unpaired) electrons. The number of anilines is 4. The molecule has 0 amide bonds. The van der Waals surface area contributed by atoms with E-state index in [2.05, 4.69) is 82.5 Å². The Morgan fingerprint density at radius 2 is 1.38 bits per heavy atom. The van der Waals surface area contributed by atoms with Crippen molar-refractivity contribution in [2.45, 2.75) is 45.6 Å². The summed E-state index contributed by atoms with van der Waals surface area (Å²) in [6.45, 7) is 12.1. The normalized spacial score (nSPS) is 17.3. The second-order valence-corrected chi connectivity index (χ2v) is 10.0. The van der Waals surface area contributed by atoms with Crippen LogP contribution in [0.25, 0.3) is 0 Å². The molecule has 2 aliphatic heterocycles. The summed E-state index contributed by atoms with van der Waals surface area (Å²) in [5.41, 5.74) is 1.16. The van der Waals surface area contributed by atoms with Gasteiger partial charge in [-0.25, -0.2) is 0 Å². The highest BCUT2D eigenvalue weighted by molar-refractivity contribution is 7.80. The number of piperidine rings is 1. The van der Waals surface area contributed by atoms with E-state index < -0.39 is 0 Å². The first-order valence-corrected chi connectivity index (χ1v) is 12.1. The van der Waals surface area contributed by atoms with Gasteiger partial charge in [-0.3, -0.25) is 0 Å². The van der Waals surface area contributed by atoms with E-state index in [-0.39, 0.29) is 5.54 Å². The molecule has 3 heterocycles. The highest BCUT2D eigenvalue weighted by atomic mass is 32.1. The second-order valence-electron chi connectivity index (χ2n) is 9.59. The average molecular weight is 454 g/mol. The lowest BCUT2D eigenvalue weighted by Gasteiger charge is -2.37. The highest BCUT2D eigenvalue weighted by Gasteiger charge is 2.22. The zero-order chi connectivity index (χ0) is 22.6. The standard InChI is InChI=1S/C24H35N7S/c1-24(2,3)28-23(32)27-22-25-20(30-12-8-5-9-13-30)18-21(26-22)31-16-14-29(15-17-31)19-10-6-4-7-11-19/h4,6-7,10-11,18H,5,8-9,12-17H2,1-3H3,(H2,25,26,27,28,32). The van der Waals surface area contributed by atoms with Crippen LogP contribution in [0.1, 0.15) is 40.0 Å². The number of hydrogen-bond donors (Lipinski definition) is 2. The highest BCUT2D eigenvalue weighted by Crippen LogP contribution is 2.26. The molecule has 0 spiro atoms. The molecule has 2 saturated heterocycles. The van der Waals surface area contributed by atoms with E-state index in [1.165, 1.54) is 24.9 Å². The summed E-state index contributed by atoms with van der Waals surface area (Å²) >= 11 is 5.52. The second kappa shape index (κ2) is 9.90. The van der Waals surface area contributed by atoms with Crippen LogP contribution >= 0.6 is 12.2 Å². The van der Waals surface area contributed by atoms with E-state index in [1.807, 2.05) is 0 Å². The fourth-order valence-corrected chi connectivity index (χ4v) is 4.63. The summed E-state index contributed by atoms with van der Waals surface area (Å²) < 4.78 is 0. The molecule has 0 saturated carbocycles. The molecular formula is C24H35N7S. The predicted octanol–water partition coefficient (Wildman–Crippen LogP) is 3.88. The number of thiocarbonyl (C=S) groups is 1. The van der Waals surface area contributed by atoms with Gasteiger partial charge in [0.1, 0.15) is 11.6 Å². The third-order valence-electron chi connectivity index (χ3n) is 5.82. The van der Waals surface area contributed by atoms with Crippen LogP contribution in [0, 0.1) is 0 Å². The van der Waals surface area contributed by atoms with Crippen LogP contribution in [0.5, 0.6) is 0 Å². The zero-order valence-corrected chi connectivity index (χ0v) is 20.3. The Labute approximate surface area is 197 Å². The Hall–Kier alpha value is -2.61. The van der Waals surface area contributed by atoms with E-state index in [4.69, 9.17) is 22.2 Å². The van der Waals surface area contributed by atoms with Crippen LogP contribution in [0.2, 0.25) is 0 Å². The van der Waals surface area contributed by atoms with Gasteiger partial charge in [0.05, 0.1) is 0 Å². The lowest BCUT2D eigenvalue weighted by atomic mass is 10.1. The topological polar surface area (TPSA) is 59.6 Å². The van der Waals surface area contributed by atoms with Crippen LogP contribution in [0.15, 0.2) is 36.4 Å². The third kappa shape index (κ3) is 6.00. The molecule has 0 unspecified atom stereocenters. The quantitative estimate of drug-likeness (QED) is 0.677. The molecule has 0 bridgehead atoms. The number of nitrogens with one attached hydrogen (secondary N) is 2. The maximum atomic E-state index is 5.52. The molecule has 1 aromatic heterocycles. The van der Waals surface area contributed by atoms with Crippen molar-refractivity contribution in [3.63, 3.8) is 0 Å². The third-order valence-corrected chi connectivity index (χ3v) is 6.02. The van der Waals surface area contributed by atoms with E-state index >= 15 is 0 Å². The van der Waals surface area contributed by atoms with Crippen molar-refractivity contribution in [3.05, 3.63) is 36.4 Å². The Kier molecular flexibility index (Phi) is 6.98. The molecule has 7 nitrogen and oxygen atoms in total. The van der Waals surface area contributed by atoms with Crippen molar-refractivity contribution in [2.75, 3.05) is 59.3 Å². The first-order valence-electron chi connectivity index (χ1n) is 11.7. The Morgan fingerprint density at radius 1 is 0.812 bits per heavy atom. The number of para-hydroxylation sites is 1. The minimum Gasteiger partial charge on any atom is -0.368 e. The zero-order valence-electron chi connectivity index (χ0n) is 19.5. The van der Waals surface area contributed by atoms with E-state index in [0.717, 1.165) is 50.9 Å². The first kappa shape index (κ1) is 22.6. The average Bonchev–Trinajstić information content (AvgIpc) is 2.79. The van der Waals surface area contributed by atoms with Crippen LogP contribution in [0.4, 0.5) is 23.3 Å². The maximum Gasteiger partial charge on any atom is 0.232 e. The SMILES string of the molecule is CC(C)(C)NC(=S)Nc1nc(N2CCCCC2)cc(N2CCN(c3ccccc3)CC2)n1. The Balaban J connectivity index is 1.52. The molecule has 2 N–H and O–H groups in total. The van der Waals surface area contributed by atoms with Crippen molar-refractivity contribution in [1.82, 2.24) is 15.3 Å². The van der Waals surface area contributed by atoms with Gasteiger partial charge in [0.25, 0.3) is 0 Å². The molecule has 8 heteroatoms. The predicted molar refractivity (Wildman–Crippen MR) is 138 cm³/mol. The number of rotatable bonds is 4. The first-order chi connectivity index (χ1) is 15.4. The molecule has 4 rings (SSSR count). The minimum atomic E-state index is -0.120. The van der Waals surface area contributed by atoms with Gasteiger partial charge in [-0.15, -0.1) is 0 Å². The van der Waals surface area contributed by atoms with Gasteiger partial charge in [0.2, 0.25) is 5.95 Å². The van der Waals surface area contributed by atoms with Crippen molar-refractivity contribution in [3.8, 4) is 0 Å². The Morgan fingerprint density at radius 3 is 1.97 bits per heavy atom. The van der Waals surface area contributed by atoms with Gasteiger partial charge in [-0.1, -0.05) is 18.2 Å². The molecular weight excluding hydrogens is 418 g/mol. The Bertz CT molecular complexity index is 898. The molecule has 2 aliphatic rings. The monoisotopic (exact) mass is 453 g/mol. The number of hydrogen-bond acceptors (Lipinski definition) is 6. The van der Waals surface area contributed by atoms with Gasteiger partial charge >= 0.3 is 0 Å². The fourth-order valence-electron chi connectivity index (χ4n) is 4.23. The van der Waals surface area contributed by atoms with Crippen LogP contribution in [0.3, 0.4) is 0 Å². The molecule has 0 aliphatic carbocycles. The summed E-state index contributed by atoms with van der Waals surface area (Å²) in [5, 5.41) is 7.07. The number of benzene rings is 1. The van der Waals surface area contributed by atoms with Gasteiger partial charge in [-0.05, 0) is 64.4 Å². The molecule has 2 aromatic rings. The summed E-state index contributed by atoms with van der Waals surface area (Å²) in [7, 11) is 0. The molecule has 172 valence electrons. The summed E-state index contributed by atoms with van der Waals surface area (Å²) in [6, 6.07) is 12.8. The van der Waals surface area contributed by atoms with Crippen molar-refractivity contribution < 1.29 is 0 Å². The lowest BCUT2D eigenvalue weighted by molar-refractivity contribution is 0.514. The van der Waals surface area contributed by atoms with Crippen LogP contribution < -0.4 is 25.3 Å². The van der Waals surface area contributed by atoms with Crippen LogP contribution in [-0.2, 0) is 0 Å². The smallest absolute Gasteiger partial charge is 0.232 e. The van der Waals surface area contributed by atoms with Gasteiger partial charge < -0.3 is 25.3 Å².